The molecule has 1 fully saturated rings. The summed E-state index contributed by atoms with van der Waals surface area (Å²) in [7, 11) is 0. The minimum absolute atomic E-state index is 0.0464. The van der Waals surface area contributed by atoms with Gasteiger partial charge in [-0.05, 0) is 54.0 Å². The van der Waals surface area contributed by atoms with Crippen LogP contribution >= 0.6 is 11.3 Å². The van der Waals surface area contributed by atoms with Gasteiger partial charge in [0.05, 0.1) is 6.10 Å². The summed E-state index contributed by atoms with van der Waals surface area (Å²) in [5, 5.41) is 13.2. The van der Waals surface area contributed by atoms with Gasteiger partial charge in [-0.3, -0.25) is 0 Å². The fraction of sp³-hybridized carbons (Fsp3) is 0.429. The molecule has 1 aliphatic carbocycles. The minimum Gasteiger partial charge on any atom is -0.393 e. The van der Waals surface area contributed by atoms with Crippen LogP contribution in [0.5, 0.6) is 0 Å². The molecule has 2 atom stereocenters. The van der Waals surface area contributed by atoms with Crippen LogP contribution in [0.1, 0.15) is 24.8 Å². The molecule has 1 saturated carbocycles. The summed E-state index contributed by atoms with van der Waals surface area (Å²) in [4.78, 5) is 0. The number of thiophene rings is 1. The molecule has 1 aromatic heterocycles. The van der Waals surface area contributed by atoms with Crippen molar-refractivity contribution in [1.29, 1.82) is 0 Å². The van der Waals surface area contributed by atoms with E-state index in [2.05, 4.69) is 29.6 Å². The van der Waals surface area contributed by atoms with Gasteiger partial charge in [-0.1, -0.05) is 18.2 Å². The van der Waals surface area contributed by atoms with Crippen LogP contribution < -0.4 is 0 Å². The van der Waals surface area contributed by atoms with Gasteiger partial charge in [0.15, 0.2) is 0 Å². The number of hydrogen-bond acceptors (Lipinski definition) is 2. The fourth-order valence-electron chi connectivity index (χ4n) is 2.74. The van der Waals surface area contributed by atoms with Crippen LogP contribution in [-0.4, -0.2) is 11.2 Å². The molecule has 0 spiro atoms. The highest BCUT2D eigenvalue weighted by Crippen LogP contribution is 2.33. The normalized spacial score (nSPS) is 25.3. The number of rotatable bonds is 2. The number of hydrogen-bond donors (Lipinski definition) is 1. The van der Waals surface area contributed by atoms with Crippen molar-refractivity contribution in [3.8, 4) is 0 Å². The molecule has 1 aromatic carbocycles. The first-order chi connectivity index (χ1) is 7.83. The van der Waals surface area contributed by atoms with Crippen LogP contribution in [0.25, 0.3) is 10.1 Å². The number of benzene rings is 1. The summed E-state index contributed by atoms with van der Waals surface area (Å²) in [6.07, 6.45) is 4.26. The Morgan fingerprint density at radius 2 is 2.12 bits per heavy atom. The molecule has 0 bridgehead atoms. The van der Waals surface area contributed by atoms with Crippen molar-refractivity contribution < 1.29 is 5.11 Å². The van der Waals surface area contributed by atoms with Crippen LogP contribution in [0, 0.1) is 5.92 Å². The standard InChI is InChI=1S/C14H16OS/c15-12-6-5-10(8-12)7-11-9-16-14-4-2-1-3-13(11)14/h1-4,9-10,12,15H,5-8H2. The fourth-order valence-corrected chi connectivity index (χ4v) is 3.71. The summed E-state index contributed by atoms with van der Waals surface area (Å²) >= 11 is 1.84. The lowest BCUT2D eigenvalue weighted by atomic mass is 9.97. The molecule has 3 rings (SSSR count). The lowest BCUT2D eigenvalue weighted by molar-refractivity contribution is 0.177. The number of aliphatic hydroxyl groups excluding tert-OH is 1. The van der Waals surface area contributed by atoms with Gasteiger partial charge in [0.2, 0.25) is 0 Å². The summed E-state index contributed by atoms with van der Waals surface area (Å²) in [5.74, 6) is 0.688. The van der Waals surface area contributed by atoms with Crippen LogP contribution in [0.3, 0.4) is 0 Å². The largest absolute Gasteiger partial charge is 0.393 e. The third-order valence-electron chi connectivity index (χ3n) is 3.58. The first-order valence-corrected chi connectivity index (χ1v) is 6.84. The van der Waals surface area contributed by atoms with Crippen LogP contribution in [0.2, 0.25) is 0 Å². The lowest BCUT2D eigenvalue weighted by Gasteiger charge is -2.07. The number of aliphatic hydroxyl groups is 1. The maximum absolute atomic E-state index is 9.54. The van der Waals surface area contributed by atoms with Gasteiger partial charge in [0.25, 0.3) is 0 Å². The second-order valence-corrected chi connectivity index (χ2v) is 5.71. The van der Waals surface area contributed by atoms with E-state index in [-0.39, 0.29) is 6.10 Å². The Bertz CT molecular complexity index is 488. The van der Waals surface area contributed by atoms with Gasteiger partial charge < -0.3 is 5.11 Å². The summed E-state index contributed by atoms with van der Waals surface area (Å²) < 4.78 is 1.39. The molecule has 1 N–H and O–H groups in total. The van der Waals surface area contributed by atoms with Crippen molar-refractivity contribution in [2.24, 2.45) is 5.92 Å². The maximum Gasteiger partial charge on any atom is 0.0543 e. The van der Waals surface area contributed by atoms with Crippen molar-refractivity contribution in [3.05, 3.63) is 35.2 Å². The van der Waals surface area contributed by atoms with Gasteiger partial charge in [-0.15, -0.1) is 11.3 Å². The SMILES string of the molecule is OC1CCC(Cc2csc3ccccc23)C1. The van der Waals surface area contributed by atoms with E-state index < -0.39 is 0 Å². The van der Waals surface area contributed by atoms with E-state index in [4.69, 9.17) is 0 Å². The predicted octanol–water partition coefficient (Wildman–Crippen LogP) is 3.60. The van der Waals surface area contributed by atoms with E-state index in [9.17, 15) is 5.11 Å². The Balaban J connectivity index is 1.84. The Morgan fingerprint density at radius 1 is 1.25 bits per heavy atom. The van der Waals surface area contributed by atoms with E-state index >= 15 is 0 Å². The highest BCUT2D eigenvalue weighted by atomic mass is 32.1. The Morgan fingerprint density at radius 3 is 2.94 bits per heavy atom. The highest BCUT2D eigenvalue weighted by molar-refractivity contribution is 7.17. The topological polar surface area (TPSA) is 20.2 Å². The molecular formula is C14H16OS. The molecule has 0 amide bonds. The molecule has 1 nitrogen and oxygen atoms in total. The third kappa shape index (κ3) is 1.87. The Labute approximate surface area is 99.7 Å². The molecule has 84 valence electrons. The zero-order valence-corrected chi connectivity index (χ0v) is 10.0. The average Bonchev–Trinajstić information content (AvgIpc) is 2.87. The molecule has 0 radical (unpaired) electrons. The molecule has 2 unspecified atom stereocenters. The van der Waals surface area contributed by atoms with E-state index in [1.54, 1.807) is 0 Å². The first-order valence-electron chi connectivity index (χ1n) is 5.96. The van der Waals surface area contributed by atoms with Gasteiger partial charge in [-0.25, -0.2) is 0 Å². The molecule has 1 aliphatic rings. The van der Waals surface area contributed by atoms with Gasteiger partial charge in [-0.2, -0.15) is 0 Å². The maximum atomic E-state index is 9.54. The van der Waals surface area contributed by atoms with Crippen LogP contribution in [-0.2, 0) is 6.42 Å². The second kappa shape index (κ2) is 4.19. The lowest BCUT2D eigenvalue weighted by Crippen LogP contribution is -2.02. The Hall–Kier alpha value is -0.860. The van der Waals surface area contributed by atoms with Crippen molar-refractivity contribution in [1.82, 2.24) is 0 Å². The minimum atomic E-state index is -0.0464. The van der Waals surface area contributed by atoms with Gasteiger partial charge in [0.1, 0.15) is 0 Å². The molecular weight excluding hydrogens is 216 g/mol. The quantitative estimate of drug-likeness (QED) is 0.838. The predicted molar refractivity (Wildman–Crippen MR) is 68.9 cm³/mol. The van der Waals surface area contributed by atoms with Gasteiger partial charge >= 0.3 is 0 Å². The monoisotopic (exact) mass is 232 g/mol. The summed E-state index contributed by atoms with van der Waals surface area (Å²) in [5.41, 5.74) is 1.47. The molecule has 2 heteroatoms. The summed E-state index contributed by atoms with van der Waals surface area (Å²) in [6, 6.07) is 8.61. The van der Waals surface area contributed by atoms with Crippen molar-refractivity contribution in [3.63, 3.8) is 0 Å². The molecule has 16 heavy (non-hydrogen) atoms. The molecule has 0 saturated heterocycles. The highest BCUT2D eigenvalue weighted by Gasteiger charge is 2.23. The second-order valence-electron chi connectivity index (χ2n) is 4.79. The van der Waals surface area contributed by atoms with Crippen LogP contribution in [0.4, 0.5) is 0 Å². The molecule has 1 heterocycles. The zero-order valence-electron chi connectivity index (χ0n) is 9.23. The zero-order chi connectivity index (χ0) is 11.0. The molecule has 2 aromatic rings. The molecule has 0 aliphatic heterocycles. The number of fused-ring (bicyclic) bond motifs is 1. The average molecular weight is 232 g/mol. The van der Waals surface area contributed by atoms with Crippen molar-refractivity contribution in [2.45, 2.75) is 31.8 Å². The van der Waals surface area contributed by atoms with Crippen molar-refractivity contribution >= 4 is 21.4 Å². The Kier molecular flexibility index (Phi) is 2.70. The van der Waals surface area contributed by atoms with Gasteiger partial charge in [0, 0.05) is 4.70 Å². The summed E-state index contributed by atoms with van der Waals surface area (Å²) in [6.45, 7) is 0. The third-order valence-corrected chi connectivity index (χ3v) is 4.60. The van der Waals surface area contributed by atoms with E-state index in [0.29, 0.717) is 5.92 Å². The van der Waals surface area contributed by atoms with E-state index in [0.717, 1.165) is 19.3 Å². The first kappa shape index (κ1) is 10.3. The van der Waals surface area contributed by atoms with Crippen molar-refractivity contribution in [2.75, 3.05) is 0 Å². The van der Waals surface area contributed by atoms with E-state index in [1.807, 2.05) is 11.3 Å². The van der Waals surface area contributed by atoms with E-state index in [1.165, 1.54) is 22.1 Å². The smallest absolute Gasteiger partial charge is 0.0543 e. The van der Waals surface area contributed by atoms with Crippen LogP contribution in [0.15, 0.2) is 29.6 Å².